The molecule has 0 saturated heterocycles. The third kappa shape index (κ3) is 3.77. The molecule has 1 aromatic heterocycles. The van der Waals surface area contributed by atoms with Gasteiger partial charge >= 0.3 is 0 Å². The van der Waals surface area contributed by atoms with Crippen molar-refractivity contribution in [3.8, 4) is 11.5 Å². The van der Waals surface area contributed by atoms with Gasteiger partial charge in [0, 0.05) is 11.3 Å². The molecule has 1 aliphatic rings. The minimum Gasteiger partial charge on any atom is -0.411 e. The normalized spacial score (nSPS) is 12.8. The quantitative estimate of drug-likeness (QED) is 0.686. The van der Waals surface area contributed by atoms with Gasteiger partial charge < -0.3 is 9.73 Å². The standard InChI is InChI=1S/C19H16FN3O2S/c20-15-7-4-13(5-8-15)18-22-23-19(25-18)26-11-17(24)21-16-9-6-12-2-1-3-14(12)10-16/h4-10H,1-3,11H2,(H,21,24). The third-order valence-electron chi connectivity index (χ3n) is 4.21. The Morgan fingerprint density at radius 2 is 1.92 bits per heavy atom. The fraction of sp³-hybridized carbons (Fsp3) is 0.211. The summed E-state index contributed by atoms with van der Waals surface area (Å²) in [6.07, 6.45) is 3.37. The minimum absolute atomic E-state index is 0.130. The van der Waals surface area contributed by atoms with Crippen LogP contribution < -0.4 is 5.32 Å². The van der Waals surface area contributed by atoms with Gasteiger partial charge in [-0.2, -0.15) is 0 Å². The lowest BCUT2D eigenvalue weighted by Crippen LogP contribution is -2.14. The number of halogens is 1. The summed E-state index contributed by atoms with van der Waals surface area (Å²) in [6, 6.07) is 11.9. The summed E-state index contributed by atoms with van der Waals surface area (Å²) in [5.41, 5.74) is 4.13. The van der Waals surface area contributed by atoms with Crippen LogP contribution in [0.25, 0.3) is 11.5 Å². The summed E-state index contributed by atoms with van der Waals surface area (Å²) in [5, 5.41) is 11.0. The summed E-state index contributed by atoms with van der Waals surface area (Å²) >= 11 is 1.17. The summed E-state index contributed by atoms with van der Waals surface area (Å²) < 4.78 is 18.5. The zero-order valence-electron chi connectivity index (χ0n) is 13.9. The van der Waals surface area contributed by atoms with Gasteiger partial charge in [-0.3, -0.25) is 4.79 Å². The fourth-order valence-electron chi connectivity index (χ4n) is 2.95. The number of anilines is 1. The van der Waals surface area contributed by atoms with Crippen LogP contribution in [0.15, 0.2) is 52.1 Å². The lowest BCUT2D eigenvalue weighted by molar-refractivity contribution is -0.113. The molecule has 0 spiro atoms. The Morgan fingerprint density at radius 3 is 2.77 bits per heavy atom. The number of aromatic nitrogens is 2. The predicted octanol–water partition coefficient (Wildman–Crippen LogP) is 4.10. The van der Waals surface area contributed by atoms with E-state index in [4.69, 9.17) is 4.42 Å². The number of rotatable bonds is 5. The molecular weight excluding hydrogens is 353 g/mol. The number of hydrogen-bond acceptors (Lipinski definition) is 5. The van der Waals surface area contributed by atoms with Crippen molar-refractivity contribution in [2.75, 3.05) is 11.1 Å². The second kappa shape index (κ2) is 7.29. The highest BCUT2D eigenvalue weighted by Gasteiger charge is 2.14. The number of hydrogen-bond donors (Lipinski definition) is 1. The third-order valence-corrected chi connectivity index (χ3v) is 5.03. The van der Waals surface area contributed by atoms with Crippen LogP contribution in [0.4, 0.5) is 10.1 Å². The van der Waals surface area contributed by atoms with Crippen LogP contribution in [-0.4, -0.2) is 21.9 Å². The maximum atomic E-state index is 13.0. The summed E-state index contributed by atoms with van der Waals surface area (Å²) in [4.78, 5) is 12.1. The zero-order valence-corrected chi connectivity index (χ0v) is 14.7. The topological polar surface area (TPSA) is 68.0 Å². The first kappa shape index (κ1) is 16.8. The lowest BCUT2D eigenvalue weighted by atomic mass is 10.1. The molecule has 0 saturated carbocycles. The van der Waals surface area contributed by atoms with Crippen LogP contribution in [-0.2, 0) is 17.6 Å². The number of nitrogens with one attached hydrogen (secondary N) is 1. The van der Waals surface area contributed by atoms with Crippen molar-refractivity contribution >= 4 is 23.4 Å². The maximum Gasteiger partial charge on any atom is 0.277 e. The summed E-state index contributed by atoms with van der Waals surface area (Å²) in [7, 11) is 0. The van der Waals surface area contributed by atoms with Crippen LogP contribution in [0, 0.1) is 5.82 Å². The number of benzene rings is 2. The number of aryl methyl sites for hydroxylation is 2. The lowest BCUT2D eigenvalue weighted by Gasteiger charge is -2.06. The average Bonchev–Trinajstić information content (AvgIpc) is 3.29. The minimum atomic E-state index is -0.328. The number of carbonyl (C=O) groups excluding carboxylic acids is 1. The Labute approximate surface area is 154 Å². The van der Waals surface area contributed by atoms with Crippen LogP contribution in [0.5, 0.6) is 0 Å². The molecule has 0 fully saturated rings. The molecule has 1 N–H and O–H groups in total. The van der Waals surface area contributed by atoms with Gasteiger partial charge in [-0.1, -0.05) is 17.8 Å². The molecule has 0 radical (unpaired) electrons. The van der Waals surface area contributed by atoms with Gasteiger partial charge in [-0.25, -0.2) is 4.39 Å². The van der Waals surface area contributed by atoms with Gasteiger partial charge in [0.1, 0.15) is 5.82 Å². The smallest absolute Gasteiger partial charge is 0.277 e. The first-order valence-corrected chi connectivity index (χ1v) is 9.30. The van der Waals surface area contributed by atoms with E-state index in [-0.39, 0.29) is 17.5 Å². The predicted molar refractivity (Wildman–Crippen MR) is 97.5 cm³/mol. The van der Waals surface area contributed by atoms with Crippen molar-refractivity contribution in [3.63, 3.8) is 0 Å². The van der Waals surface area contributed by atoms with Crippen LogP contribution in [0.3, 0.4) is 0 Å². The molecule has 4 rings (SSSR count). The average molecular weight is 369 g/mol. The van der Waals surface area contributed by atoms with E-state index in [1.54, 1.807) is 12.1 Å². The van der Waals surface area contributed by atoms with Gasteiger partial charge in [-0.05, 0) is 66.8 Å². The molecular formula is C19H16FN3O2S. The van der Waals surface area contributed by atoms with Crippen molar-refractivity contribution < 1.29 is 13.6 Å². The van der Waals surface area contributed by atoms with Crippen molar-refractivity contribution in [3.05, 3.63) is 59.4 Å². The van der Waals surface area contributed by atoms with E-state index in [2.05, 4.69) is 21.6 Å². The fourth-order valence-corrected chi connectivity index (χ4v) is 3.51. The molecule has 132 valence electrons. The molecule has 0 bridgehead atoms. The Bertz CT molecular complexity index is 940. The van der Waals surface area contributed by atoms with Gasteiger partial charge in [-0.15, -0.1) is 10.2 Å². The van der Waals surface area contributed by atoms with Crippen molar-refractivity contribution in [2.45, 2.75) is 24.5 Å². The van der Waals surface area contributed by atoms with E-state index in [1.165, 1.54) is 41.4 Å². The van der Waals surface area contributed by atoms with Crippen LogP contribution in [0.1, 0.15) is 17.5 Å². The van der Waals surface area contributed by atoms with Crippen molar-refractivity contribution in [2.24, 2.45) is 0 Å². The van der Waals surface area contributed by atoms with Gasteiger partial charge in [0.05, 0.1) is 5.75 Å². The second-order valence-corrected chi connectivity index (χ2v) is 6.98. The zero-order chi connectivity index (χ0) is 17.9. The molecule has 1 heterocycles. The molecule has 3 aromatic rings. The molecule has 7 heteroatoms. The molecule has 0 aliphatic heterocycles. The molecule has 1 amide bonds. The van der Waals surface area contributed by atoms with E-state index in [0.29, 0.717) is 16.7 Å². The monoisotopic (exact) mass is 369 g/mol. The molecule has 1 aliphatic carbocycles. The second-order valence-electron chi connectivity index (χ2n) is 6.05. The molecule has 0 unspecified atom stereocenters. The van der Waals surface area contributed by atoms with E-state index < -0.39 is 0 Å². The van der Waals surface area contributed by atoms with E-state index in [9.17, 15) is 9.18 Å². The first-order chi connectivity index (χ1) is 12.7. The number of fused-ring (bicyclic) bond motifs is 1. The van der Waals surface area contributed by atoms with E-state index in [1.807, 2.05) is 12.1 Å². The van der Waals surface area contributed by atoms with E-state index in [0.717, 1.165) is 18.5 Å². The molecule has 2 aromatic carbocycles. The van der Waals surface area contributed by atoms with Crippen LogP contribution in [0.2, 0.25) is 0 Å². The summed E-state index contributed by atoms with van der Waals surface area (Å²) in [6.45, 7) is 0. The summed E-state index contributed by atoms with van der Waals surface area (Å²) in [5.74, 6) is 0.00869. The van der Waals surface area contributed by atoms with Gasteiger partial charge in [0.15, 0.2) is 0 Å². The maximum absolute atomic E-state index is 13.0. The highest BCUT2D eigenvalue weighted by molar-refractivity contribution is 7.99. The number of amides is 1. The number of carbonyl (C=O) groups is 1. The molecule has 5 nitrogen and oxygen atoms in total. The Kier molecular flexibility index (Phi) is 4.71. The van der Waals surface area contributed by atoms with Crippen molar-refractivity contribution in [1.29, 1.82) is 0 Å². The van der Waals surface area contributed by atoms with Gasteiger partial charge in [0.25, 0.3) is 5.22 Å². The van der Waals surface area contributed by atoms with Crippen LogP contribution >= 0.6 is 11.8 Å². The first-order valence-electron chi connectivity index (χ1n) is 8.31. The molecule has 26 heavy (non-hydrogen) atoms. The highest BCUT2D eigenvalue weighted by atomic mass is 32.2. The molecule has 0 atom stereocenters. The SMILES string of the molecule is O=C(CSc1nnc(-c2ccc(F)cc2)o1)Nc1ccc2c(c1)CCC2. The number of thioether (sulfide) groups is 1. The van der Waals surface area contributed by atoms with E-state index >= 15 is 0 Å². The van der Waals surface area contributed by atoms with Crippen molar-refractivity contribution in [1.82, 2.24) is 10.2 Å². The Balaban J connectivity index is 1.34. The highest BCUT2D eigenvalue weighted by Crippen LogP contribution is 2.26. The Hall–Kier alpha value is -2.67. The van der Waals surface area contributed by atoms with Gasteiger partial charge in [0.2, 0.25) is 11.8 Å². The number of nitrogens with zero attached hydrogens (tertiary/aromatic N) is 2. The largest absolute Gasteiger partial charge is 0.411 e. The Morgan fingerprint density at radius 1 is 1.12 bits per heavy atom.